The highest BCUT2D eigenvalue weighted by Crippen LogP contribution is 2.41. The highest BCUT2D eigenvalue weighted by atomic mass is 16.5. The number of carbonyl (C=O) groups excluding carboxylic acids is 1. The Bertz CT molecular complexity index is 1020. The molecule has 2 fully saturated rings. The molecule has 0 radical (unpaired) electrons. The van der Waals surface area contributed by atoms with E-state index in [0.29, 0.717) is 11.8 Å². The van der Waals surface area contributed by atoms with Crippen LogP contribution in [0.4, 0.5) is 0 Å². The van der Waals surface area contributed by atoms with Gasteiger partial charge >= 0.3 is 0 Å². The third-order valence-corrected chi connectivity index (χ3v) is 5.97. The summed E-state index contributed by atoms with van der Waals surface area (Å²) in [7, 11) is 0. The topological polar surface area (TPSA) is 55.3 Å². The van der Waals surface area contributed by atoms with E-state index in [1.165, 1.54) is 0 Å². The van der Waals surface area contributed by atoms with Crippen LogP contribution in [0.2, 0.25) is 0 Å². The molecule has 1 saturated carbocycles. The Labute approximate surface area is 170 Å². The van der Waals surface area contributed by atoms with Crippen LogP contribution in [0.3, 0.4) is 0 Å². The van der Waals surface area contributed by atoms with Crippen LogP contribution in [0.25, 0.3) is 11.1 Å². The summed E-state index contributed by atoms with van der Waals surface area (Å²) in [4.78, 5) is 24.1. The lowest BCUT2D eigenvalue weighted by Crippen LogP contribution is -2.47. The lowest BCUT2D eigenvalue weighted by Gasteiger charge is -2.33. The molecular formula is C24H23N3O2. The van der Waals surface area contributed by atoms with Gasteiger partial charge in [0.2, 0.25) is 5.88 Å². The minimum Gasteiger partial charge on any atom is -0.472 e. The van der Waals surface area contributed by atoms with Gasteiger partial charge in [-0.05, 0) is 48.9 Å². The van der Waals surface area contributed by atoms with Crippen molar-refractivity contribution in [2.75, 3.05) is 6.54 Å². The number of carbonyl (C=O) groups is 1. The zero-order chi connectivity index (χ0) is 19.8. The molecule has 2 aliphatic rings. The van der Waals surface area contributed by atoms with E-state index < -0.39 is 0 Å². The molecule has 1 aliphatic carbocycles. The Morgan fingerprint density at radius 2 is 1.97 bits per heavy atom. The number of ether oxygens (including phenoxy) is 1. The summed E-state index contributed by atoms with van der Waals surface area (Å²) in [5, 5.41) is 0. The van der Waals surface area contributed by atoms with Crippen molar-refractivity contribution in [3.8, 4) is 17.0 Å². The van der Waals surface area contributed by atoms with Crippen LogP contribution in [-0.4, -0.2) is 39.5 Å². The second kappa shape index (κ2) is 7.32. The number of aryl methyl sites for hydroxylation is 1. The first-order valence-corrected chi connectivity index (χ1v) is 10.1. The van der Waals surface area contributed by atoms with Crippen LogP contribution in [0.1, 0.15) is 28.8 Å². The van der Waals surface area contributed by atoms with Gasteiger partial charge in [0, 0.05) is 42.3 Å². The smallest absolute Gasteiger partial charge is 0.254 e. The number of hydrogen-bond donors (Lipinski definition) is 0. The molecular weight excluding hydrogens is 362 g/mol. The molecule has 2 aromatic heterocycles. The Morgan fingerprint density at radius 3 is 2.72 bits per heavy atom. The Morgan fingerprint density at radius 1 is 1.07 bits per heavy atom. The molecule has 5 nitrogen and oxygen atoms in total. The monoisotopic (exact) mass is 385 g/mol. The number of piperidine rings is 1. The number of pyridine rings is 2. The number of fused-ring (bicyclic) bond motifs is 2. The number of benzene rings is 1. The second-order valence-corrected chi connectivity index (χ2v) is 7.98. The number of likely N-dealkylation sites (tertiary alicyclic amines) is 1. The standard InChI is InChI=1S/C24H23N3O2/c1-16-8-9-23(26-13-16)29-22-12-17-11-21(22)27(15-17)24(28)20-7-3-2-6-19(20)18-5-4-10-25-14-18/h2-10,13-14,17,21-22H,11-12,15H2,1H3. The third-order valence-electron chi connectivity index (χ3n) is 5.97. The van der Waals surface area contributed by atoms with Crippen molar-refractivity contribution in [3.05, 3.63) is 78.2 Å². The summed E-state index contributed by atoms with van der Waals surface area (Å²) in [6.07, 6.45) is 7.34. The number of hydrogen-bond acceptors (Lipinski definition) is 4. The maximum atomic E-state index is 13.5. The molecule has 29 heavy (non-hydrogen) atoms. The van der Waals surface area contributed by atoms with Crippen LogP contribution in [0.5, 0.6) is 5.88 Å². The highest BCUT2D eigenvalue weighted by molar-refractivity contribution is 6.01. The van der Waals surface area contributed by atoms with Gasteiger partial charge in [-0.2, -0.15) is 0 Å². The summed E-state index contributed by atoms with van der Waals surface area (Å²) < 4.78 is 6.18. The average molecular weight is 385 g/mol. The van der Waals surface area contributed by atoms with Crippen molar-refractivity contribution in [1.29, 1.82) is 0 Å². The summed E-state index contributed by atoms with van der Waals surface area (Å²) in [6, 6.07) is 15.7. The number of nitrogens with zero attached hydrogens (tertiary/aromatic N) is 3. The van der Waals surface area contributed by atoms with Crippen LogP contribution < -0.4 is 4.74 Å². The fourth-order valence-corrected chi connectivity index (χ4v) is 4.60. The van der Waals surface area contributed by atoms with Gasteiger partial charge in [-0.3, -0.25) is 9.78 Å². The number of rotatable bonds is 4. The Balaban J connectivity index is 1.39. The Kier molecular flexibility index (Phi) is 4.51. The molecule has 3 unspecified atom stereocenters. The molecule has 1 aromatic carbocycles. The molecule has 1 saturated heterocycles. The van der Waals surface area contributed by atoms with E-state index in [2.05, 4.69) is 9.97 Å². The van der Waals surface area contributed by atoms with Crippen LogP contribution >= 0.6 is 0 Å². The summed E-state index contributed by atoms with van der Waals surface area (Å²) in [5.74, 6) is 1.20. The largest absolute Gasteiger partial charge is 0.472 e. The fourth-order valence-electron chi connectivity index (χ4n) is 4.60. The van der Waals surface area contributed by atoms with E-state index in [-0.39, 0.29) is 18.1 Å². The van der Waals surface area contributed by atoms with Crippen molar-refractivity contribution in [2.24, 2.45) is 5.92 Å². The molecule has 1 amide bonds. The second-order valence-electron chi connectivity index (χ2n) is 7.98. The maximum absolute atomic E-state index is 13.5. The van der Waals surface area contributed by atoms with Crippen molar-refractivity contribution < 1.29 is 9.53 Å². The van der Waals surface area contributed by atoms with Gasteiger partial charge in [-0.1, -0.05) is 30.3 Å². The molecule has 0 N–H and O–H groups in total. The number of amides is 1. The first-order valence-electron chi connectivity index (χ1n) is 10.1. The van der Waals surface area contributed by atoms with Gasteiger partial charge in [-0.25, -0.2) is 4.98 Å². The average Bonchev–Trinajstić information content (AvgIpc) is 3.36. The SMILES string of the molecule is Cc1ccc(OC2CC3CC2N(C(=O)c2ccccc2-c2cccnc2)C3)nc1. The number of aromatic nitrogens is 2. The summed E-state index contributed by atoms with van der Waals surface area (Å²) in [6.45, 7) is 2.81. The van der Waals surface area contributed by atoms with Gasteiger partial charge in [0.05, 0.1) is 6.04 Å². The third kappa shape index (κ3) is 3.37. The van der Waals surface area contributed by atoms with Crippen molar-refractivity contribution in [1.82, 2.24) is 14.9 Å². The quantitative estimate of drug-likeness (QED) is 0.677. The first-order chi connectivity index (χ1) is 14.2. The summed E-state index contributed by atoms with van der Waals surface area (Å²) in [5.41, 5.74) is 3.71. The van der Waals surface area contributed by atoms with Crippen LogP contribution in [0, 0.1) is 12.8 Å². The van der Waals surface area contributed by atoms with Gasteiger partial charge in [0.25, 0.3) is 5.91 Å². The molecule has 5 heteroatoms. The van der Waals surface area contributed by atoms with Gasteiger partial charge in [0.1, 0.15) is 6.10 Å². The molecule has 2 bridgehead atoms. The van der Waals surface area contributed by atoms with Gasteiger partial charge < -0.3 is 9.64 Å². The van der Waals surface area contributed by atoms with E-state index in [1.54, 1.807) is 12.4 Å². The molecule has 0 spiro atoms. The van der Waals surface area contributed by atoms with E-state index in [1.807, 2.05) is 66.6 Å². The van der Waals surface area contributed by atoms with E-state index >= 15 is 0 Å². The lowest BCUT2D eigenvalue weighted by atomic mass is 9.99. The predicted octanol–water partition coefficient (Wildman–Crippen LogP) is 4.13. The van der Waals surface area contributed by atoms with E-state index in [4.69, 9.17) is 4.74 Å². The van der Waals surface area contributed by atoms with Crippen molar-refractivity contribution in [3.63, 3.8) is 0 Å². The first kappa shape index (κ1) is 17.9. The molecule has 3 atom stereocenters. The normalized spacial score (nSPS) is 22.7. The summed E-state index contributed by atoms with van der Waals surface area (Å²) >= 11 is 0. The van der Waals surface area contributed by atoms with E-state index in [9.17, 15) is 4.79 Å². The minimum absolute atomic E-state index is 0.00143. The Hall–Kier alpha value is -3.21. The van der Waals surface area contributed by atoms with Crippen LogP contribution in [0.15, 0.2) is 67.1 Å². The van der Waals surface area contributed by atoms with Crippen LogP contribution in [-0.2, 0) is 0 Å². The molecule has 5 rings (SSSR count). The molecule has 3 heterocycles. The van der Waals surface area contributed by atoms with Crippen molar-refractivity contribution >= 4 is 5.91 Å². The van der Waals surface area contributed by atoms with Gasteiger partial charge in [0.15, 0.2) is 0 Å². The van der Waals surface area contributed by atoms with E-state index in [0.717, 1.165) is 41.6 Å². The zero-order valence-corrected chi connectivity index (χ0v) is 16.4. The zero-order valence-electron chi connectivity index (χ0n) is 16.4. The van der Waals surface area contributed by atoms with Crippen molar-refractivity contribution in [2.45, 2.75) is 31.9 Å². The maximum Gasteiger partial charge on any atom is 0.254 e. The lowest BCUT2D eigenvalue weighted by molar-refractivity contribution is 0.0467. The molecule has 1 aliphatic heterocycles. The van der Waals surface area contributed by atoms with Gasteiger partial charge in [-0.15, -0.1) is 0 Å². The molecule has 146 valence electrons. The highest BCUT2D eigenvalue weighted by Gasteiger charge is 2.48. The fraction of sp³-hybridized carbons (Fsp3) is 0.292. The minimum atomic E-state index is -0.00143. The predicted molar refractivity (Wildman–Crippen MR) is 111 cm³/mol. The molecule has 3 aromatic rings.